The fourth-order valence-corrected chi connectivity index (χ4v) is 1.67. The van der Waals surface area contributed by atoms with Gasteiger partial charge in [0, 0.05) is 5.37 Å². The lowest BCUT2D eigenvalue weighted by Crippen LogP contribution is -1.84. The highest BCUT2D eigenvalue weighted by Gasteiger charge is 1.91. The molecule has 1 aromatic carbocycles. The molecule has 1 heteroatoms. The number of benzene rings is 1. The molecule has 0 radical (unpaired) electrons. The third-order valence-electron chi connectivity index (χ3n) is 2.42. The van der Waals surface area contributed by atoms with Crippen LogP contribution < -0.4 is 0 Å². The molecule has 0 saturated heterocycles. The van der Waals surface area contributed by atoms with Crippen LogP contribution in [-0.2, 0) is 6.42 Å². The third kappa shape index (κ3) is 5.04. The minimum atomic E-state index is 1.08. The van der Waals surface area contributed by atoms with Crippen LogP contribution >= 0.6 is 12.2 Å². The summed E-state index contributed by atoms with van der Waals surface area (Å²) in [6.45, 7) is 4.23. The van der Waals surface area contributed by atoms with Crippen LogP contribution in [-0.4, -0.2) is 5.37 Å². The van der Waals surface area contributed by atoms with E-state index in [-0.39, 0.29) is 0 Å². The molecule has 0 N–H and O–H groups in total. The molecule has 0 unspecified atom stereocenters. The molecule has 0 amide bonds. The lowest BCUT2D eigenvalue weighted by molar-refractivity contribution is 0.991. The predicted molar refractivity (Wildman–Crippen MR) is 76.1 cm³/mol. The molecule has 0 bridgehead atoms. The summed E-state index contributed by atoms with van der Waals surface area (Å²) in [5, 5.41) is 1.64. The van der Waals surface area contributed by atoms with Crippen LogP contribution in [0.5, 0.6) is 0 Å². The zero-order valence-electron chi connectivity index (χ0n) is 9.94. The van der Waals surface area contributed by atoms with Crippen LogP contribution in [0.4, 0.5) is 0 Å². The van der Waals surface area contributed by atoms with E-state index in [0.29, 0.717) is 0 Å². The van der Waals surface area contributed by atoms with Crippen LogP contribution in [0, 0.1) is 6.92 Å². The highest BCUT2D eigenvalue weighted by atomic mass is 32.1. The number of hydrogen-bond donors (Lipinski definition) is 0. The fraction of sp³-hybridized carbons (Fsp3) is 0.267. The van der Waals surface area contributed by atoms with E-state index in [4.69, 9.17) is 12.2 Å². The van der Waals surface area contributed by atoms with Crippen molar-refractivity contribution in [3.8, 4) is 0 Å². The Morgan fingerprint density at radius 3 is 2.88 bits per heavy atom. The van der Waals surface area contributed by atoms with Gasteiger partial charge >= 0.3 is 0 Å². The first kappa shape index (κ1) is 12.9. The van der Waals surface area contributed by atoms with Crippen LogP contribution in [0.3, 0.4) is 0 Å². The first-order chi connectivity index (χ1) is 7.72. The second-order valence-corrected chi connectivity index (χ2v) is 4.24. The second kappa shape index (κ2) is 7.13. The van der Waals surface area contributed by atoms with Gasteiger partial charge in [0.15, 0.2) is 0 Å². The van der Waals surface area contributed by atoms with Crippen LogP contribution in [0.1, 0.15) is 24.5 Å². The highest BCUT2D eigenvalue weighted by Crippen LogP contribution is 2.08. The van der Waals surface area contributed by atoms with Gasteiger partial charge < -0.3 is 0 Å². The Balaban J connectivity index is 2.46. The summed E-state index contributed by atoms with van der Waals surface area (Å²) in [6.07, 6.45) is 8.37. The molecule has 0 fully saturated rings. The maximum atomic E-state index is 4.73. The van der Waals surface area contributed by atoms with E-state index in [2.05, 4.69) is 44.2 Å². The van der Waals surface area contributed by atoms with Crippen molar-refractivity contribution in [3.63, 3.8) is 0 Å². The van der Waals surface area contributed by atoms with Gasteiger partial charge in [0.1, 0.15) is 0 Å². The summed E-state index contributed by atoms with van der Waals surface area (Å²) in [5.74, 6) is 0. The molecule has 0 nitrogen and oxygen atoms in total. The lowest BCUT2D eigenvalue weighted by Gasteiger charge is -2.00. The second-order valence-electron chi connectivity index (χ2n) is 3.97. The maximum Gasteiger partial charge on any atom is 0.00136 e. The van der Waals surface area contributed by atoms with Gasteiger partial charge in [0.25, 0.3) is 0 Å². The normalized spacial score (nSPS) is 12.0. The van der Waals surface area contributed by atoms with E-state index in [9.17, 15) is 0 Å². The fourth-order valence-electron chi connectivity index (χ4n) is 1.59. The van der Waals surface area contributed by atoms with Crippen molar-refractivity contribution < 1.29 is 0 Å². The predicted octanol–water partition coefficient (Wildman–Crippen LogP) is 4.43. The SMILES string of the molecule is CC(/C=C\C=S)=C/CCc1cccc(C)c1. The van der Waals surface area contributed by atoms with Crippen molar-refractivity contribution in [2.75, 3.05) is 0 Å². The van der Waals surface area contributed by atoms with Gasteiger partial charge in [-0.1, -0.05) is 65.8 Å². The molecule has 0 aliphatic rings. The number of aryl methyl sites for hydroxylation is 2. The summed E-state index contributed by atoms with van der Waals surface area (Å²) < 4.78 is 0. The van der Waals surface area contributed by atoms with Gasteiger partial charge in [-0.2, -0.15) is 0 Å². The topological polar surface area (TPSA) is 0 Å². The molecule has 84 valence electrons. The van der Waals surface area contributed by atoms with E-state index >= 15 is 0 Å². The summed E-state index contributed by atoms with van der Waals surface area (Å²) in [5.41, 5.74) is 4.01. The number of thiocarbonyl (C=S) groups is 1. The van der Waals surface area contributed by atoms with Gasteiger partial charge in [-0.3, -0.25) is 0 Å². The lowest BCUT2D eigenvalue weighted by atomic mass is 10.1. The van der Waals surface area contributed by atoms with E-state index < -0.39 is 0 Å². The van der Waals surface area contributed by atoms with Gasteiger partial charge in [-0.05, 0) is 32.3 Å². The summed E-state index contributed by atoms with van der Waals surface area (Å²) >= 11 is 4.73. The molecule has 0 aromatic heterocycles. The monoisotopic (exact) mass is 230 g/mol. The van der Waals surface area contributed by atoms with E-state index in [1.165, 1.54) is 16.7 Å². The Kier molecular flexibility index (Phi) is 5.73. The van der Waals surface area contributed by atoms with Crippen LogP contribution in [0.2, 0.25) is 0 Å². The summed E-state index contributed by atoms with van der Waals surface area (Å²) in [6, 6.07) is 8.68. The smallest absolute Gasteiger partial charge is 0.00136 e. The van der Waals surface area contributed by atoms with E-state index in [1.807, 2.05) is 12.2 Å². The zero-order valence-corrected chi connectivity index (χ0v) is 10.8. The largest absolute Gasteiger partial charge is 0.0887 e. The summed E-state index contributed by atoms with van der Waals surface area (Å²) in [7, 11) is 0. The Labute approximate surface area is 104 Å². The van der Waals surface area contributed by atoms with Gasteiger partial charge in [0.2, 0.25) is 0 Å². The maximum absolute atomic E-state index is 4.73. The molecule has 1 aromatic rings. The van der Waals surface area contributed by atoms with Crippen molar-refractivity contribution in [3.05, 3.63) is 59.2 Å². The molecular formula is C15H18S. The molecule has 0 spiro atoms. The molecule has 0 aliphatic heterocycles. The molecule has 0 aliphatic carbocycles. The Morgan fingerprint density at radius 1 is 1.38 bits per heavy atom. The van der Waals surface area contributed by atoms with Crippen molar-refractivity contribution in [1.82, 2.24) is 0 Å². The quantitative estimate of drug-likeness (QED) is 0.409. The Hall–Kier alpha value is -1.21. The third-order valence-corrected chi connectivity index (χ3v) is 2.58. The number of allylic oxidation sites excluding steroid dienone is 4. The Bertz CT molecular complexity index is 400. The standard InChI is InChI=1S/C15H18S/c1-13(8-5-11-16)6-3-9-15-10-4-7-14(2)12-15/h4-8,10-12H,3,9H2,1-2H3/b8-5-,13-6-. The van der Waals surface area contributed by atoms with Crippen LogP contribution in [0.25, 0.3) is 0 Å². The van der Waals surface area contributed by atoms with Gasteiger partial charge in [-0.25, -0.2) is 0 Å². The van der Waals surface area contributed by atoms with Crippen molar-refractivity contribution in [2.45, 2.75) is 26.7 Å². The van der Waals surface area contributed by atoms with Crippen molar-refractivity contribution in [1.29, 1.82) is 0 Å². The van der Waals surface area contributed by atoms with Crippen molar-refractivity contribution >= 4 is 17.6 Å². The van der Waals surface area contributed by atoms with E-state index in [1.54, 1.807) is 5.37 Å². The van der Waals surface area contributed by atoms with Gasteiger partial charge in [-0.15, -0.1) is 0 Å². The first-order valence-electron chi connectivity index (χ1n) is 5.56. The van der Waals surface area contributed by atoms with Crippen LogP contribution in [0.15, 0.2) is 48.1 Å². The Morgan fingerprint density at radius 2 is 2.19 bits per heavy atom. The molecule has 16 heavy (non-hydrogen) atoms. The average molecular weight is 230 g/mol. The molecule has 0 heterocycles. The number of rotatable bonds is 5. The molecule has 0 saturated carbocycles. The first-order valence-corrected chi connectivity index (χ1v) is 6.03. The zero-order chi connectivity index (χ0) is 11.8. The minimum Gasteiger partial charge on any atom is -0.0887 e. The molecule has 0 atom stereocenters. The van der Waals surface area contributed by atoms with Crippen molar-refractivity contribution in [2.24, 2.45) is 0 Å². The average Bonchev–Trinajstić information content (AvgIpc) is 2.26. The number of hydrogen-bond acceptors (Lipinski definition) is 1. The minimum absolute atomic E-state index is 1.08. The molecule has 1 rings (SSSR count). The summed E-state index contributed by atoms with van der Waals surface area (Å²) in [4.78, 5) is 0. The van der Waals surface area contributed by atoms with Gasteiger partial charge in [0.05, 0.1) is 0 Å². The highest BCUT2D eigenvalue weighted by molar-refractivity contribution is 7.79. The van der Waals surface area contributed by atoms with E-state index in [0.717, 1.165) is 12.8 Å². The molecular weight excluding hydrogens is 212 g/mol.